The molecule has 0 saturated heterocycles. The first-order chi connectivity index (χ1) is 9.88. The molecule has 1 rings (SSSR count). The van der Waals surface area contributed by atoms with Gasteiger partial charge in [0.15, 0.2) is 0 Å². The smallest absolute Gasteiger partial charge is 0.131 e. The fraction of sp³-hybridized carbons (Fsp3) is 0.647. The molecule has 0 heterocycles. The molecular formula is C17H29NO3. The minimum atomic E-state index is 0.0321. The van der Waals surface area contributed by atoms with E-state index in [1.165, 1.54) is 0 Å². The predicted molar refractivity (Wildman–Crippen MR) is 86.6 cm³/mol. The van der Waals surface area contributed by atoms with E-state index in [0.717, 1.165) is 35.8 Å². The molecule has 1 aromatic carbocycles. The standard InChI is InChI=1S/C17H29NO3/c1-8-9-18-16(17(2,3)4)15-13(20-6)10-12(19-5)11-14(15)21-7/h10-11,16,18H,8-9H2,1-7H3. The van der Waals surface area contributed by atoms with Gasteiger partial charge in [-0.15, -0.1) is 0 Å². The third-order valence-electron chi connectivity index (χ3n) is 3.51. The Morgan fingerprint density at radius 2 is 1.52 bits per heavy atom. The summed E-state index contributed by atoms with van der Waals surface area (Å²) in [5.74, 6) is 2.31. The quantitative estimate of drug-likeness (QED) is 0.830. The van der Waals surface area contributed by atoms with E-state index in [2.05, 4.69) is 33.0 Å². The molecular weight excluding hydrogens is 266 g/mol. The molecule has 120 valence electrons. The third kappa shape index (κ3) is 4.27. The van der Waals surface area contributed by atoms with Gasteiger partial charge in [-0.1, -0.05) is 27.7 Å². The van der Waals surface area contributed by atoms with Crippen molar-refractivity contribution in [3.63, 3.8) is 0 Å². The molecule has 0 aliphatic heterocycles. The van der Waals surface area contributed by atoms with Gasteiger partial charge in [-0.05, 0) is 18.4 Å². The van der Waals surface area contributed by atoms with Gasteiger partial charge in [-0.2, -0.15) is 0 Å². The highest BCUT2D eigenvalue weighted by Gasteiger charge is 2.31. The van der Waals surface area contributed by atoms with Crippen LogP contribution in [-0.4, -0.2) is 27.9 Å². The largest absolute Gasteiger partial charge is 0.496 e. The molecule has 0 fully saturated rings. The molecule has 0 spiro atoms. The molecule has 1 aromatic rings. The van der Waals surface area contributed by atoms with Crippen molar-refractivity contribution in [2.75, 3.05) is 27.9 Å². The molecule has 0 aliphatic rings. The normalized spacial score (nSPS) is 12.9. The maximum atomic E-state index is 5.59. The fourth-order valence-electron chi connectivity index (χ4n) is 2.45. The SMILES string of the molecule is CCCNC(c1c(OC)cc(OC)cc1OC)C(C)(C)C. The van der Waals surface area contributed by atoms with Crippen molar-refractivity contribution in [2.45, 2.75) is 40.2 Å². The van der Waals surface area contributed by atoms with Gasteiger partial charge in [0.25, 0.3) is 0 Å². The van der Waals surface area contributed by atoms with Crippen molar-refractivity contribution in [2.24, 2.45) is 5.41 Å². The van der Waals surface area contributed by atoms with E-state index in [9.17, 15) is 0 Å². The number of methoxy groups -OCH3 is 3. The molecule has 0 amide bonds. The van der Waals surface area contributed by atoms with Crippen molar-refractivity contribution in [3.05, 3.63) is 17.7 Å². The Morgan fingerprint density at radius 1 is 1.00 bits per heavy atom. The second-order valence-electron chi connectivity index (χ2n) is 6.20. The van der Waals surface area contributed by atoms with Crippen LogP contribution in [0.2, 0.25) is 0 Å². The Hall–Kier alpha value is -1.42. The molecule has 0 radical (unpaired) electrons. The van der Waals surface area contributed by atoms with Crippen molar-refractivity contribution < 1.29 is 14.2 Å². The lowest BCUT2D eigenvalue weighted by molar-refractivity contribution is 0.255. The molecule has 0 aliphatic carbocycles. The van der Waals surface area contributed by atoms with Gasteiger partial charge < -0.3 is 19.5 Å². The maximum absolute atomic E-state index is 5.59. The highest BCUT2D eigenvalue weighted by atomic mass is 16.5. The number of ether oxygens (including phenoxy) is 3. The summed E-state index contributed by atoms with van der Waals surface area (Å²) < 4.78 is 16.5. The Morgan fingerprint density at radius 3 is 1.86 bits per heavy atom. The number of rotatable bonds is 7. The van der Waals surface area contributed by atoms with Crippen molar-refractivity contribution >= 4 is 0 Å². The summed E-state index contributed by atoms with van der Waals surface area (Å²) >= 11 is 0. The summed E-state index contributed by atoms with van der Waals surface area (Å²) in [6.07, 6.45) is 1.08. The lowest BCUT2D eigenvalue weighted by Gasteiger charge is -2.34. The van der Waals surface area contributed by atoms with Gasteiger partial charge in [0.1, 0.15) is 17.2 Å². The molecule has 1 atom stereocenters. The lowest BCUT2D eigenvalue weighted by Crippen LogP contribution is -2.33. The molecule has 1 N–H and O–H groups in total. The summed E-state index contributed by atoms with van der Waals surface area (Å²) in [5, 5.41) is 3.61. The van der Waals surface area contributed by atoms with Gasteiger partial charge in [0, 0.05) is 18.2 Å². The zero-order chi connectivity index (χ0) is 16.0. The van der Waals surface area contributed by atoms with Crippen LogP contribution in [0.4, 0.5) is 0 Å². The van der Waals surface area contributed by atoms with Crippen LogP contribution in [0.15, 0.2) is 12.1 Å². The highest BCUT2D eigenvalue weighted by molar-refractivity contribution is 5.52. The van der Waals surface area contributed by atoms with Gasteiger partial charge in [-0.25, -0.2) is 0 Å². The van der Waals surface area contributed by atoms with Crippen LogP contribution in [0.25, 0.3) is 0 Å². The average Bonchev–Trinajstić information content (AvgIpc) is 2.45. The van der Waals surface area contributed by atoms with E-state index in [1.54, 1.807) is 21.3 Å². The zero-order valence-electron chi connectivity index (χ0n) is 14.4. The minimum absolute atomic E-state index is 0.0321. The maximum Gasteiger partial charge on any atom is 0.131 e. The molecule has 4 heteroatoms. The van der Waals surface area contributed by atoms with Gasteiger partial charge in [-0.3, -0.25) is 0 Å². The minimum Gasteiger partial charge on any atom is -0.496 e. The van der Waals surface area contributed by atoms with E-state index in [0.29, 0.717) is 0 Å². The van der Waals surface area contributed by atoms with E-state index >= 15 is 0 Å². The number of nitrogens with one attached hydrogen (secondary N) is 1. The molecule has 0 aromatic heterocycles. The van der Waals surface area contributed by atoms with E-state index in [4.69, 9.17) is 14.2 Å². The molecule has 1 unspecified atom stereocenters. The van der Waals surface area contributed by atoms with E-state index < -0.39 is 0 Å². The number of hydrogen-bond acceptors (Lipinski definition) is 4. The average molecular weight is 295 g/mol. The predicted octanol–water partition coefficient (Wildman–Crippen LogP) is 3.80. The Balaban J connectivity index is 3.40. The molecule has 4 nitrogen and oxygen atoms in total. The topological polar surface area (TPSA) is 39.7 Å². The van der Waals surface area contributed by atoms with Crippen LogP contribution in [0.1, 0.15) is 45.7 Å². The lowest BCUT2D eigenvalue weighted by atomic mass is 9.81. The van der Waals surface area contributed by atoms with Crippen LogP contribution >= 0.6 is 0 Å². The first-order valence-electron chi connectivity index (χ1n) is 7.42. The number of benzene rings is 1. The third-order valence-corrected chi connectivity index (χ3v) is 3.51. The fourth-order valence-corrected chi connectivity index (χ4v) is 2.45. The molecule has 21 heavy (non-hydrogen) atoms. The van der Waals surface area contributed by atoms with Crippen molar-refractivity contribution in [3.8, 4) is 17.2 Å². The summed E-state index contributed by atoms with van der Waals surface area (Å²) in [7, 11) is 5.00. The van der Waals surface area contributed by atoms with Crippen LogP contribution in [0, 0.1) is 5.41 Å². The van der Waals surface area contributed by atoms with E-state index in [-0.39, 0.29) is 11.5 Å². The second-order valence-corrected chi connectivity index (χ2v) is 6.20. The summed E-state index contributed by atoms with van der Waals surface area (Å²) in [6.45, 7) is 9.74. The van der Waals surface area contributed by atoms with Crippen molar-refractivity contribution in [1.29, 1.82) is 0 Å². The second kappa shape index (κ2) is 7.55. The van der Waals surface area contributed by atoms with Gasteiger partial charge >= 0.3 is 0 Å². The van der Waals surface area contributed by atoms with Crippen LogP contribution in [-0.2, 0) is 0 Å². The first kappa shape index (κ1) is 17.6. The Kier molecular flexibility index (Phi) is 6.34. The monoisotopic (exact) mass is 295 g/mol. The summed E-state index contributed by atoms with van der Waals surface area (Å²) in [6, 6.07) is 3.95. The van der Waals surface area contributed by atoms with E-state index in [1.807, 2.05) is 12.1 Å². The van der Waals surface area contributed by atoms with Gasteiger partial charge in [0.05, 0.1) is 26.9 Å². The van der Waals surface area contributed by atoms with Crippen molar-refractivity contribution in [1.82, 2.24) is 5.32 Å². The summed E-state index contributed by atoms with van der Waals surface area (Å²) in [5.41, 5.74) is 1.08. The number of hydrogen-bond donors (Lipinski definition) is 1. The van der Waals surface area contributed by atoms with Crippen LogP contribution in [0.5, 0.6) is 17.2 Å². The first-order valence-corrected chi connectivity index (χ1v) is 7.42. The van der Waals surface area contributed by atoms with Crippen LogP contribution < -0.4 is 19.5 Å². The highest BCUT2D eigenvalue weighted by Crippen LogP contribution is 2.44. The Bertz CT molecular complexity index is 427. The van der Waals surface area contributed by atoms with Gasteiger partial charge in [0.2, 0.25) is 0 Å². The van der Waals surface area contributed by atoms with Crippen LogP contribution in [0.3, 0.4) is 0 Å². The molecule has 0 bridgehead atoms. The Labute approximate surface area is 128 Å². The molecule has 0 saturated carbocycles. The summed E-state index contributed by atoms with van der Waals surface area (Å²) in [4.78, 5) is 0. The zero-order valence-corrected chi connectivity index (χ0v) is 14.4.